The van der Waals surface area contributed by atoms with Gasteiger partial charge >= 0.3 is 0 Å². The van der Waals surface area contributed by atoms with Gasteiger partial charge in [0.05, 0.1) is 18.8 Å². The van der Waals surface area contributed by atoms with Crippen molar-refractivity contribution in [2.45, 2.75) is 11.8 Å². The fourth-order valence-corrected chi connectivity index (χ4v) is 2.96. The number of carbonyl (C=O) groups is 2. The average Bonchev–Trinajstić information content (AvgIpc) is 2.54. The lowest BCUT2D eigenvalue weighted by atomic mass is 10.2. The molecule has 0 heterocycles. The molecule has 2 rings (SSSR count). The van der Waals surface area contributed by atoms with E-state index in [4.69, 9.17) is 0 Å². The third-order valence-corrected chi connectivity index (χ3v) is 4.31. The predicted octanol–water partition coefficient (Wildman–Crippen LogP) is 3.23. The van der Waals surface area contributed by atoms with Crippen molar-refractivity contribution in [3.63, 3.8) is 0 Å². The number of para-hydroxylation sites is 1. The Hall–Kier alpha value is -2.31. The molecule has 0 fully saturated rings. The first-order chi connectivity index (χ1) is 12.0. The summed E-state index contributed by atoms with van der Waals surface area (Å²) in [5.41, 5.74) is 2.63. The molecule has 0 unspecified atom stereocenters. The van der Waals surface area contributed by atoms with Crippen LogP contribution < -0.4 is 10.6 Å². The summed E-state index contributed by atoms with van der Waals surface area (Å²) >= 11 is 1.58. The molecule has 0 atom stereocenters. The maximum absolute atomic E-state index is 12.2. The summed E-state index contributed by atoms with van der Waals surface area (Å²) in [4.78, 5) is 27.0. The zero-order chi connectivity index (χ0) is 18.2. The SMILES string of the molecule is CSc1ccccc1NC(=O)CN(C)CC(=O)Nc1cccc(C)c1. The van der Waals surface area contributed by atoms with Gasteiger partial charge in [-0.1, -0.05) is 24.3 Å². The first-order valence-corrected chi connectivity index (χ1v) is 9.18. The van der Waals surface area contributed by atoms with E-state index in [2.05, 4.69) is 10.6 Å². The zero-order valence-electron chi connectivity index (χ0n) is 14.7. The molecule has 0 bridgehead atoms. The van der Waals surface area contributed by atoms with Crippen molar-refractivity contribution in [1.82, 2.24) is 4.90 Å². The van der Waals surface area contributed by atoms with Crippen LogP contribution in [0.4, 0.5) is 11.4 Å². The molecule has 2 aromatic rings. The summed E-state index contributed by atoms with van der Waals surface area (Å²) in [6.07, 6.45) is 1.97. The van der Waals surface area contributed by atoms with E-state index in [1.165, 1.54) is 0 Å². The molecule has 0 aliphatic rings. The van der Waals surface area contributed by atoms with E-state index >= 15 is 0 Å². The largest absolute Gasteiger partial charge is 0.325 e. The summed E-state index contributed by atoms with van der Waals surface area (Å²) in [6.45, 7) is 2.26. The summed E-state index contributed by atoms with van der Waals surface area (Å²) in [6, 6.07) is 15.3. The molecule has 0 aliphatic heterocycles. The van der Waals surface area contributed by atoms with Gasteiger partial charge in [0.1, 0.15) is 0 Å². The molecule has 0 aliphatic carbocycles. The predicted molar refractivity (Wildman–Crippen MR) is 104 cm³/mol. The minimum Gasteiger partial charge on any atom is -0.325 e. The number of anilines is 2. The fourth-order valence-electron chi connectivity index (χ4n) is 2.41. The Labute approximate surface area is 152 Å². The van der Waals surface area contributed by atoms with Gasteiger partial charge in [0.25, 0.3) is 0 Å². The Balaban J connectivity index is 1.83. The zero-order valence-corrected chi connectivity index (χ0v) is 15.5. The van der Waals surface area contributed by atoms with E-state index in [9.17, 15) is 9.59 Å². The van der Waals surface area contributed by atoms with Gasteiger partial charge in [-0.25, -0.2) is 0 Å². The van der Waals surface area contributed by atoms with Crippen LogP contribution in [0.5, 0.6) is 0 Å². The molecular weight excluding hydrogens is 334 g/mol. The topological polar surface area (TPSA) is 61.4 Å². The second kappa shape index (κ2) is 9.25. The summed E-state index contributed by atoms with van der Waals surface area (Å²) in [7, 11) is 1.75. The van der Waals surface area contributed by atoms with Crippen LogP contribution >= 0.6 is 11.8 Å². The van der Waals surface area contributed by atoms with E-state index in [1.54, 1.807) is 23.7 Å². The van der Waals surface area contributed by atoms with Gasteiger partial charge in [-0.3, -0.25) is 14.5 Å². The molecule has 0 spiro atoms. The van der Waals surface area contributed by atoms with Gasteiger partial charge in [0, 0.05) is 10.6 Å². The van der Waals surface area contributed by atoms with E-state index in [-0.39, 0.29) is 24.9 Å². The number of thioether (sulfide) groups is 1. The van der Waals surface area contributed by atoms with E-state index in [0.717, 1.165) is 21.8 Å². The lowest BCUT2D eigenvalue weighted by Gasteiger charge is -2.17. The number of likely N-dealkylation sites (N-methyl/N-ethyl adjacent to an activating group) is 1. The lowest BCUT2D eigenvalue weighted by molar-refractivity contribution is -0.119. The molecule has 2 amide bonds. The van der Waals surface area contributed by atoms with Crippen molar-refractivity contribution in [2.24, 2.45) is 0 Å². The van der Waals surface area contributed by atoms with E-state index < -0.39 is 0 Å². The smallest absolute Gasteiger partial charge is 0.238 e. The summed E-state index contributed by atoms with van der Waals surface area (Å²) in [5, 5.41) is 5.73. The van der Waals surface area contributed by atoms with Gasteiger partial charge in [0.15, 0.2) is 0 Å². The van der Waals surface area contributed by atoms with Gasteiger partial charge in [0.2, 0.25) is 11.8 Å². The van der Waals surface area contributed by atoms with Crippen molar-refractivity contribution in [1.29, 1.82) is 0 Å². The maximum Gasteiger partial charge on any atom is 0.238 e. The van der Waals surface area contributed by atoms with Crippen molar-refractivity contribution >= 4 is 35.0 Å². The Kier molecular flexibility index (Phi) is 7.03. The van der Waals surface area contributed by atoms with E-state index in [1.807, 2.05) is 61.7 Å². The van der Waals surface area contributed by atoms with Crippen LogP contribution in [0.3, 0.4) is 0 Å². The fraction of sp³-hybridized carbons (Fsp3) is 0.263. The highest BCUT2D eigenvalue weighted by atomic mass is 32.2. The number of amides is 2. The normalized spacial score (nSPS) is 10.6. The van der Waals surface area contributed by atoms with Crippen LogP contribution in [-0.4, -0.2) is 43.1 Å². The first kappa shape index (κ1) is 19.0. The molecule has 0 radical (unpaired) electrons. The number of hydrogen-bond acceptors (Lipinski definition) is 4. The maximum atomic E-state index is 12.2. The molecule has 0 aromatic heterocycles. The van der Waals surface area contributed by atoms with Gasteiger partial charge in [-0.15, -0.1) is 11.8 Å². The van der Waals surface area contributed by atoms with Gasteiger partial charge in [-0.2, -0.15) is 0 Å². The Morgan fingerprint density at radius 1 is 1.00 bits per heavy atom. The van der Waals surface area contributed by atoms with Crippen LogP contribution in [-0.2, 0) is 9.59 Å². The van der Waals surface area contributed by atoms with Crippen LogP contribution in [0.2, 0.25) is 0 Å². The number of rotatable bonds is 7. The molecule has 25 heavy (non-hydrogen) atoms. The monoisotopic (exact) mass is 357 g/mol. The lowest BCUT2D eigenvalue weighted by Crippen LogP contribution is -2.36. The summed E-state index contributed by atoms with van der Waals surface area (Å²) in [5.74, 6) is -0.294. The van der Waals surface area contributed by atoms with Crippen molar-refractivity contribution in [3.05, 3.63) is 54.1 Å². The molecule has 0 saturated heterocycles. The Morgan fingerprint density at radius 3 is 2.36 bits per heavy atom. The van der Waals surface area contributed by atoms with Crippen molar-refractivity contribution < 1.29 is 9.59 Å². The van der Waals surface area contributed by atoms with Gasteiger partial charge < -0.3 is 10.6 Å². The number of nitrogens with one attached hydrogen (secondary N) is 2. The third-order valence-electron chi connectivity index (χ3n) is 3.51. The molecule has 0 saturated carbocycles. The highest BCUT2D eigenvalue weighted by molar-refractivity contribution is 7.98. The van der Waals surface area contributed by atoms with Gasteiger partial charge in [-0.05, 0) is 50.1 Å². The molecule has 2 aromatic carbocycles. The molecule has 6 heteroatoms. The molecule has 5 nitrogen and oxygen atoms in total. The first-order valence-electron chi connectivity index (χ1n) is 7.96. The van der Waals surface area contributed by atoms with E-state index in [0.29, 0.717) is 0 Å². The Bertz CT molecular complexity index is 749. The third kappa shape index (κ3) is 6.25. The van der Waals surface area contributed by atoms with Crippen LogP contribution in [0.15, 0.2) is 53.4 Å². The number of aryl methyl sites for hydroxylation is 1. The highest BCUT2D eigenvalue weighted by Gasteiger charge is 2.12. The second-order valence-corrected chi connectivity index (χ2v) is 6.69. The number of hydrogen-bond donors (Lipinski definition) is 2. The van der Waals surface area contributed by atoms with Crippen molar-refractivity contribution in [2.75, 3.05) is 37.0 Å². The minimum absolute atomic E-state index is 0.143. The quantitative estimate of drug-likeness (QED) is 0.747. The molecular formula is C19H23N3O2S. The summed E-state index contributed by atoms with van der Waals surface area (Å²) < 4.78 is 0. The number of benzene rings is 2. The van der Waals surface area contributed by atoms with Crippen LogP contribution in [0.1, 0.15) is 5.56 Å². The molecule has 132 valence electrons. The van der Waals surface area contributed by atoms with Crippen LogP contribution in [0.25, 0.3) is 0 Å². The van der Waals surface area contributed by atoms with Crippen molar-refractivity contribution in [3.8, 4) is 0 Å². The van der Waals surface area contributed by atoms with Crippen LogP contribution in [0, 0.1) is 6.92 Å². The standard InChI is InChI=1S/C19H23N3O2S/c1-14-7-6-8-15(11-14)20-18(23)12-22(2)13-19(24)21-16-9-4-5-10-17(16)25-3/h4-11H,12-13H2,1-3H3,(H,20,23)(H,21,24). The number of nitrogens with zero attached hydrogens (tertiary/aromatic N) is 1. The average molecular weight is 357 g/mol. The Morgan fingerprint density at radius 2 is 1.68 bits per heavy atom. The minimum atomic E-state index is -0.148. The highest BCUT2D eigenvalue weighted by Crippen LogP contribution is 2.24. The molecule has 2 N–H and O–H groups in total. The number of carbonyl (C=O) groups excluding carboxylic acids is 2. The second-order valence-electron chi connectivity index (χ2n) is 5.84.